The Morgan fingerprint density at radius 3 is 2.59 bits per heavy atom. The molecule has 4 amide bonds. The molecule has 0 spiro atoms. The summed E-state index contributed by atoms with van der Waals surface area (Å²) >= 11 is 0. The van der Waals surface area contributed by atoms with Crippen LogP contribution >= 0.6 is 0 Å². The molecule has 9 nitrogen and oxygen atoms in total. The molecule has 2 aliphatic heterocycles. The number of aliphatic hydroxyl groups is 1. The zero-order valence-electron chi connectivity index (χ0n) is 17.8. The molecule has 2 heterocycles. The molecule has 32 heavy (non-hydrogen) atoms. The van der Waals surface area contributed by atoms with Gasteiger partial charge in [0.1, 0.15) is 11.4 Å². The number of urea groups is 1. The smallest absolute Gasteiger partial charge is 0.322 e. The number of carbonyl (C=O) groups is 3. The van der Waals surface area contributed by atoms with Crippen LogP contribution in [-0.4, -0.2) is 72.3 Å². The van der Waals surface area contributed by atoms with Crippen LogP contribution in [0.2, 0.25) is 0 Å². The second-order valence-corrected chi connectivity index (χ2v) is 8.63. The molecule has 3 fully saturated rings. The Bertz CT molecular complexity index is 860. The standard InChI is InChI=1S/C22H29FN4O5/c23-15-6-4-14(5-7-15)22(20(30)25-21(31)26-22)9-8-18(28)24-16-2-1-3-17(19(16)29)27-10-12-32-13-11-27/h4-7,16-17,19,29H,1-3,8-13H2,(H,24,28)(H2,25,26,30,31)/t16-,17-,19-,22?/m1/s1. The van der Waals surface area contributed by atoms with E-state index in [0.29, 0.717) is 25.2 Å². The quantitative estimate of drug-likeness (QED) is 0.467. The summed E-state index contributed by atoms with van der Waals surface area (Å²) in [6.45, 7) is 2.80. The van der Waals surface area contributed by atoms with E-state index in [-0.39, 0.29) is 30.8 Å². The van der Waals surface area contributed by atoms with Gasteiger partial charge in [0, 0.05) is 25.6 Å². The van der Waals surface area contributed by atoms with Crippen molar-refractivity contribution in [2.24, 2.45) is 0 Å². The number of carbonyl (C=O) groups excluding carboxylic acids is 3. The highest BCUT2D eigenvalue weighted by atomic mass is 19.1. The first-order valence-corrected chi connectivity index (χ1v) is 11.1. The Kier molecular flexibility index (Phi) is 6.73. The lowest BCUT2D eigenvalue weighted by Crippen LogP contribution is -2.58. The van der Waals surface area contributed by atoms with Gasteiger partial charge in [0.05, 0.1) is 25.4 Å². The van der Waals surface area contributed by atoms with Crippen LogP contribution in [0, 0.1) is 5.82 Å². The fraction of sp³-hybridized carbons (Fsp3) is 0.591. The first kappa shape index (κ1) is 22.6. The van der Waals surface area contributed by atoms with Crippen molar-refractivity contribution in [2.45, 2.75) is 55.8 Å². The van der Waals surface area contributed by atoms with Crippen molar-refractivity contribution in [3.05, 3.63) is 35.6 Å². The lowest BCUT2D eigenvalue weighted by atomic mass is 9.84. The van der Waals surface area contributed by atoms with E-state index < -0.39 is 29.4 Å². The summed E-state index contributed by atoms with van der Waals surface area (Å²) in [4.78, 5) is 39.4. The van der Waals surface area contributed by atoms with E-state index in [4.69, 9.17) is 4.74 Å². The molecule has 4 rings (SSSR count). The molecule has 1 aromatic rings. The maximum atomic E-state index is 13.4. The molecular formula is C22H29FN4O5. The van der Waals surface area contributed by atoms with Crippen molar-refractivity contribution in [3.8, 4) is 0 Å². The fourth-order valence-corrected chi connectivity index (χ4v) is 4.95. The largest absolute Gasteiger partial charge is 0.389 e. The fourth-order valence-electron chi connectivity index (χ4n) is 4.95. The third-order valence-electron chi connectivity index (χ3n) is 6.69. The number of aliphatic hydroxyl groups excluding tert-OH is 1. The molecule has 174 valence electrons. The number of imide groups is 1. The van der Waals surface area contributed by atoms with Gasteiger partial charge in [0.2, 0.25) is 5.91 Å². The summed E-state index contributed by atoms with van der Waals surface area (Å²) in [6, 6.07) is 4.21. The molecular weight excluding hydrogens is 419 g/mol. The van der Waals surface area contributed by atoms with Gasteiger partial charge in [0.25, 0.3) is 5.91 Å². The molecule has 1 saturated carbocycles. The lowest BCUT2D eigenvalue weighted by Gasteiger charge is -2.43. The third kappa shape index (κ3) is 4.62. The summed E-state index contributed by atoms with van der Waals surface area (Å²) in [5, 5.41) is 18.6. The SMILES string of the molecule is O=C(CCC1(c2ccc(F)cc2)NC(=O)NC1=O)N[C@@H]1CCC[C@@H](N2CCOCC2)[C@@H]1O. The van der Waals surface area contributed by atoms with Gasteiger partial charge in [-0.15, -0.1) is 0 Å². The maximum absolute atomic E-state index is 13.4. The summed E-state index contributed by atoms with van der Waals surface area (Å²) in [5.74, 6) is -1.36. The van der Waals surface area contributed by atoms with E-state index in [9.17, 15) is 23.9 Å². The highest BCUT2D eigenvalue weighted by Crippen LogP contribution is 2.31. The average molecular weight is 448 g/mol. The molecule has 4 N–H and O–H groups in total. The first-order chi connectivity index (χ1) is 15.4. The minimum atomic E-state index is -1.44. The minimum Gasteiger partial charge on any atom is -0.389 e. The van der Waals surface area contributed by atoms with Crippen LogP contribution in [0.15, 0.2) is 24.3 Å². The Balaban J connectivity index is 1.40. The number of hydrogen-bond acceptors (Lipinski definition) is 6. The van der Waals surface area contributed by atoms with Crippen LogP contribution in [0.5, 0.6) is 0 Å². The number of benzene rings is 1. The van der Waals surface area contributed by atoms with Gasteiger partial charge in [-0.25, -0.2) is 9.18 Å². The summed E-state index contributed by atoms with van der Waals surface area (Å²) < 4.78 is 18.8. The molecule has 1 aromatic carbocycles. The van der Waals surface area contributed by atoms with Crippen molar-refractivity contribution in [2.75, 3.05) is 26.3 Å². The Hall–Kier alpha value is -2.56. The normalized spacial score (nSPS) is 31.1. The zero-order valence-corrected chi connectivity index (χ0v) is 17.8. The molecule has 2 saturated heterocycles. The second kappa shape index (κ2) is 9.51. The van der Waals surface area contributed by atoms with Crippen LogP contribution in [0.1, 0.15) is 37.7 Å². The summed E-state index contributed by atoms with van der Waals surface area (Å²) in [6.07, 6.45) is 1.71. The van der Waals surface area contributed by atoms with Crippen molar-refractivity contribution >= 4 is 17.8 Å². The van der Waals surface area contributed by atoms with E-state index in [1.165, 1.54) is 24.3 Å². The number of nitrogens with one attached hydrogen (secondary N) is 3. The van der Waals surface area contributed by atoms with E-state index >= 15 is 0 Å². The highest BCUT2D eigenvalue weighted by Gasteiger charge is 2.47. The second-order valence-electron chi connectivity index (χ2n) is 8.63. The van der Waals surface area contributed by atoms with Crippen LogP contribution < -0.4 is 16.0 Å². The number of hydrogen-bond donors (Lipinski definition) is 4. The number of halogens is 1. The lowest BCUT2D eigenvalue weighted by molar-refractivity contribution is -0.126. The third-order valence-corrected chi connectivity index (χ3v) is 6.69. The number of rotatable bonds is 6. The van der Waals surface area contributed by atoms with Gasteiger partial charge in [-0.2, -0.15) is 0 Å². The molecule has 0 aromatic heterocycles. The minimum absolute atomic E-state index is 0.0117. The number of amides is 4. The van der Waals surface area contributed by atoms with Crippen LogP contribution in [0.25, 0.3) is 0 Å². The average Bonchev–Trinajstić information content (AvgIpc) is 3.08. The van der Waals surface area contributed by atoms with Gasteiger partial charge in [-0.3, -0.25) is 19.8 Å². The maximum Gasteiger partial charge on any atom is 0.322 e. The highest BCUT2D eigenvalue weighted by molar-refractivity contribution is 6.07. The predicted molar refractivity (Wildman–Crippen MR) is 112 cm³/mol. The summed E-state index contributed by atoms with van der Waals surface area (Å²) in [5.41, 5.74) is -1.04. The molecule has 0 bridgehead atoms. The Morgan fingerprint density at radius 1 is 1.22 bits per heavy atom. The van der Waals surface area contributed by atoms with E-state index in [2.05, 4.69) is 20.9 Å². The Labute approximate surface area is 185 Å². The molecule has 1 unspecified atom stereocenters. The topological polar surface area (TPSA) is 120 Å². The van der Waals surface area contributed by atoms with Crippen LogP contribution in [0.4, 0.5) is 9.18 Å². The number of nitrogens with zero attached hydrogens (tertiary/aromatic N) is 1. The Morgan fingerprint density at radius 2 is 1.94 bits per heavy atom. The van der Waals surface area contributed by atoms with E-state index in [0.717, 1.165) is 25.9 Å². The molecule has 3 aliphatic rings. The zero-order chi connectivity index (χ0) is 22.7. The first-order valence-electron chi connectivity index (χ1n) is 11.1. The van der Waals surface area contributed by atoms with Crippen LogP contribution in [-0.2, 0) is 19.9 Å². The van der Waals surface area contributed by atoms with Crippen LogP contribution in [0.3, 0.4) is 0 Å². The van der Waals surface area contributed by atoms with Crippen molar-refractivity contribution < 1.29 is 28.6 Å². The summed E-state index contributed by atoms with van der Waals surface area (Å²) in [7, 11) is 0. The van der Waals surface area contributed by atoms with Crippen molar-refractivity contribution in [1.29, 1.82) is 0 Å². The van der Waals surface area contributed by atoms with Crippen molar-refractivity contribution in [1.82, 2.24) is 20.9 Å². The van der Waals surface area contributed by atoms with Gasteiger partial charge in [-0.1, -0.05) is 12.1 Å². The number of morpholine rings is 1. The van der Waals surface area contributed by atoms with Crippen molar-refractivity contribution in [3.63, 3.8) is 0 Å². The van der Waals surface area contributed by atoms with E-state index in [1.54, 1.807) is 0 Å². The van der Waals surface area contributed by atoms with Gasteiger partial charge in [-0.05, 0) is 43.4 Å². The predicted octanol–water partition coefficient (Wildman–Crippen LogP) is 0.371. The van der Waals surface area contributed by atoms with Gasteiger partial charge in [0.15, 0.2) is 0 Å². The molecule has 1 aliphatic carbocycles. The molecule has 0 radical (unpaired) electrons. The molecule has 10 heteroatoms. The molecule has 4 atom stereocenters. The number of ether oxygens (including phenoxy) is 1. The monoisotopic (exact) mass is 448 g/mol. The van der Waals surface area contributed by atoms with Gasteiger partial charge < -0.3 is 20.5 Å². The van der Waals surface area contributed by atoms with Gasteiger partial charge >= 0.3 is 6.03 Å². The van der Waals surface area contributed by atoms with E-state index in [1.807, 2.05) is 0 Å².